The lowest BCUT2D eigenvalue weighted by molar-refractivity contribution is 0.359. The van der Waals surface area contributed by atoms with E-state index in [1.54, 1.807) is 0 Å². The fourth-order valence-electron chi connectivity index (χ4n) is 0.598. The van der Waals surface area contributed by atoms with Crippen LogP contribution in [-0.2, 0) is 4.43 Å². The third kappa shape index (κ3) is 6.18. The Morgan fingerprint density at radius 1 is 1.38 bits per heavy atom. The van der Waals surface area contributed by atoms with Gasteiger partial charge in [-0.2, -0.15) is 0 Å². The second-order valence-electron chi connectivity index (χ2n) is 1.90. The lowest BCUT2D eigenvalue weighted by atomic mass is 10.4. The fourth-order valence-corrected chi connectivity index (χ4v) is 1.80. The SMILES string of the molecule is CCCC[SiH2]OCC. The van der Waals surface area contributed by atoms with E-state index in [-0.39, 0.29) is 9.76 Å². The summed E-state index contributed by atoms with van der Waals surface area (Å²) in [5.41, 5.74) is 0. The van der Waals surface area contributed by atoms with Gasteiger partial charge < -0.3 is 4.43 Å². The summed E-state index contributed by atoms with van der Waals surface area (Å²) in [4.78, 5) is 0. The Bertz CT molecular complexity index is 33.5. The zero-order valence-electron chi connectivity index (χ0n) is 5.94. The smallest absolute Gasteiger partial charge is 0.161 e. The van der Waals surface area contributed by atoms with Gasteiger partial charge in [-0.15, -0.1) is 0 Å². The molecule has 0 aromatic rings. The Balaban J connectivity index is 2.53. The van der Waals surface area contributed by atoms with Gasteiger partial charge in [-0.3, -0.25) is 0 Å². The molecule has 0 aromatic carbocycles. The zero-order chi connectivity index (χ0) is 6.24. The van der Waals surface area contributed by atoms with E-state index in [0.29, 0.717) is 0 Å². The van der Waals surface area contributed by atoms with Crippen LogP contribution in [0.3, 0.4) is 0 Å². The minimum absolute atomic E-state index is 0.0997. The monoisotopic (exact) mass is 132 g/mol. The Labute approximate surface area is 54.4 Å². The van der Waals surface area contributed by atoms with E-state index >= 15 is 0 Å². The molecule has 0 aliphatic rings. The zero-order valence-corrected chi connectivity index (χ0v) is 7.36. The van der Waals surface area contributed by atoms with Gasteiger partial charge in [0.1, 0.15) is 0 Å². The molecule has 2 heteroatoms. The van der Waals surface area contributed by atoms with Crippen molar-refractivity contribution >= 4 is 9.76 Å². The van der Waals surface area contributed by atoms with Crippen LogP contribution in [0.1, 0.15) is 26.7 Å². The molecule has 1 nitrogen and oxygen atoms in total. The molecule has 50 valence electrons. The van der Waals surface area contributed by atoms with Crippen molar-refractivity contribution in [2.45, 2.75) is 32.7 Å². The summed E-state index contributed by atoms with van der Waals surface area (Å²) in [6.45, 7) is 5.22. The van der Waals surface area contributed by atoms with Crippen molar-refractivity contribution in [2.24, 2.45) is 0 Å². The van der Waals surface area contributed by atoms with Gasteiger partial charge in [0.05, 0.1) is 0 Å². The molecule has 0 bridgehead atoms. The Kier molecular flexibility index (Phi) is 7.34. The highest BCUT2D eigenvalue weighted by Gasteiger charge is 1.84. The third-order valence-electron chi connectivity index (χ3n) is 1.10. The molecule has 0 fully saturated rings. The molecule has 0 N–H and O–H groups in total. The molecule has 0 atom stereocenters. The molecule has 0 heterocycles. The lowest BCUT2D eigenvalue weighted by Crippen LogP contribution is -1.95. The van der Waals surface area contributed by atoms with Crippen molar-refractivity contribution in [2.75, 3.05) is 6.61 Å². The van der Waals surface area contributed by atoms with Crippen LogP contribution in [0.4, 0.5) is 0 Å². The van der Waals surface area contributed by atoms with E-state index in [0.717, 1.165) is 6.61 Å². The maximum Gasteiger partial charge on any atom is 0.161 e. The molecule has 0 aliphatic carbocycles. The van der Waals surface area contributed by atoms with Gasteiger partial charge in [0.2, 0.25) is 0 Å². The lowest BCUT2D eigenvalue weighted by Gasteiger charge is -1.96. The van der Waals surface area contributed by atoms with Crippen LogP contribution in [0.25, 0.3) is 0 Å². The van der Waals surface area contributed by atoms with Gasteiger partial charge in [0.25, 0.3) is 0 Å². The maximum absolute atomic E-state index is 5.27. The summed E-state index contributed by atoms with van der Waals surface area (Å²) in [7, 11) is -0.0997. The van der Waals surface area contributed by atoms with Crippen molar-refractivity contribution in [3.8, 4) is 0 Å². The maximum atomic E-state index is 5.27. The van der Waals surface area contributed by atoms with Crippen molar-refractivity contribution in [1.29, 1.82) is 0 Å². The first-order chi connectivity index (χ1) is 3.91. The molecule has 0 saturated heterocycles. The first kappa shape index (κ1) is 8.18. The molecular weight excluding hydrogens is 116 g/mol. The van der Waals surface area contributed by atoms with Gasteiger partial charge >= 0.3 is 0 Å². The highest BCUT2D eigenvalue weighted by atomic mass is 28.2. The van der Waals surface area contributed by atoms with Crippen LogP contribution in [0.2, 0.25) is 6.04 Å². The van der Waals surface area contributed by atoms with Gasteiger partial charge in [0, 0.05) is 6.61 Å². The Morgan fingerprint density at radius 3 is 2.62 bits per heavy atom. The first-order valence-electron chi connectivity index (χ1n) is 3.49. The quantitative estimate of drug-likeness (QED) is 0.405. The van der Waals surface area contributed by atoms with E-state index in [9.17, 15) is 0 Å². The van der Waals surface area contributed by atoms with Crippen LogP contribution >= 0.6 is 0 Å². The van der Waals surface area contributed by atoms with Crippen LogP contribution in [0, 0.1) is 0 Å². The van der Waals surface area contributed by atoms with E-state index in [1.807, 2.05) is 0 Å². The molecule has 0 aliphatic heterocycles. The summed E-state index contributed by atoms with van der Waals surface area (Å²) in [6, 6.07) is 1.37. The van der Waals surface area contributed by atoms with Gasteiger partial charge in [0.15, 0.2) is 9.76 Å². The number of hydrogen-bond donors (Lipinski definition) is 0. The summed E-state index contributed by atoms with van der Waals surface area (Å²) in [5.74, 6) is 0. The van der Waals surface area contributed by atoms with E-state index in [1.165, 1.54) is 18.9 Å². The summed E-state index contributed by atoms with van der Waals surface area (Å²) >= 11 is 0. The molecule has 0 radical (unpaired) electrons. The largest absolute Gasteiger partial charge is 0.424 e. The summed E-state index contributed by atoms with van der Waals surface area (Å²) in [6.07, 6.45) is 2.69. The van der Waals surface area contributed by atoms with E-state index in [2.05, 4.69) is 13.8 Å². The average molecular weight is 132 g/mol. The fraction of sp³-hybridized carbons (Fsp3) is 1.00. The Hall–Kier alpha value is 0.177. The first-order valence-corrected chi connectivity index (χ1v) is 5.07. The van der Waals surface area contributed by atoms with Crippen molar-refractivity contribution in [3.05, 3.63) is 0 Å². The van der Waals surface area contributed by atoms with E-state index < -0.39 is 0 Å². The van der Waals surface area contributed by atoms with Crippen molar-refractivity contribution < 1.29 is 4.43 Å². The molecular formula is C6H16OSi. The molecule has 0 aromatic heterocycles. The van der Waals surface area contributed by atoms with Crippen molar-refractivity contribution in [3.63, 3.8) is 0 Å². The summed E-state index contributed by atoms with van der Waals surface area (Å²) in [5, 5.41) is 0. The number of rotatable bonds is 5. The van der Waals surface area contributed by atoms with E-state index in [4.69, 9.17) is 4.43 Å². The standard InChI is InChI=1S/C6H16OSi/c1-3-5-6-8-7-4-2/h3-6,8H2,1-2H3. The molecule has 0 spiro atoms. The number of hydrogen-bond acceptors (Lipinski definition) is 1. The minimum Gasteiger partial charge on any atom is -0.424 e. The topological polar surface area (TPSA) is 9.23 Å². The van der Waals surface area contributed by atoms with Gasteiger partial charge in [-0.25, -0.2) is 0 Å². The average Bonchev–Trinajstić information content (AvgIpc) is 1.81. The van der Waals surface area contributed by atoms with Crippen molar-refractivity contribution in [1.82, 2.24) is 0 Å². The molecule has 0 unspecified atom stereocenters. The third-order valence-corrected chi connectivity index (χ3v) is 2.58. The number of unbranched alkanes of at least 4 members (excludes halogenated alkanes) is 1. The van der Waals surface area contributed by atoms with Crippen LogP contribution in [0.5, 0.6) is 0 Å². The predicted octanol–water partition coefficient (Wildman–Crippen LogP) is 1.33. The van der Waals surface area contributed by atoms with Gasteiger partial charge in [-0.1, -0.05) is 19.8 Å². The summed E-state index contributed by atoms with van der Waals surface area (Å²) < 4.78 is 5.27. The second kappa shape index (κ2) is 7.18. The van der Waals surface area contributed by atoms with Crippen LogP contribution in [-0.4, -0.2) is 16.4 Å². The molecule has 0 rings (SSSR count). The highest BCUT2D eigenvalue weighted by Crippen LogP contribution is 1.92. The van der Waals surface area contributed by atoms with Crippen LogP contribution in [0.15, 0.2) is 0 Å². The predicted molar refractivity (Wildman–Crippen MR) is 39.9 cm³/mol. The van der Waals surface area contributed by atoms with Gasteiger partial charge in [-0.05, 0) is 13.0 Å². The molecule has 0 saturated carbocycles. The Morgan fingerprint density at radius 2 is 2.12 bits per heavy atom. The van der Waals surface area contributed by atoms with Crippen LogP contribution < -0.4 is 0 Å². The minimum atomic E-state index is -0.0997. The molecule has 0 amide bonds. The molecule has 8 heavy (non-hydrogen) atoms. The highest BCUT2D eigenvalue weighted by molar-refractivity contribution is 6.26. The normalized spacial score (nSPS) is 11.2. The second-order valence-corrected chi connectivity index (χ2v) is 3.43.